The number of likely N-dealkylation sites (N-methyl/N-ethyl adjacent to an activating group) is 7. The predicted molar refractivity (Wildman–Crippen MR) is 336 cm³/mol. The van der Waals surface area contributed by atoms with E-state index in [0.717, 1.165) is 15.4 Å². The lowest BCUT2D eigenvalue weighted by Crippen LogP contribution is -2.63. The van der Waals surface area contributed by atoms with Crippen molar-refractivity contribution in [1.29, 1.82) is 0 Å². The summed E-state index contributed by atoms with van der Waals surface area (Å²) in [5.74, 6) is -8.42. The first kappa shape index (κ1) is 78.1. The zero-order valence-corrected chi connectivity index (χ0v) is 56.4. The molecule has 0 aliphatic carbocycles. The molecule has 23 nitrogen and oxygen atoms in total. The Morgan fingerprint density at radius 3 is 1.48 bits per heavy atom. The van der Waals surface area contributed by atoms with Gasteiger partial charge in [0.2, 0.25) is 65.0 Å². The van der Waals surface area contributed by atoms with Gasteiger partial charge in [-0.2, -0.15) is 0 Å². The molecule has 1 aromatic rings. The summed E-state index contributed by atoms with van der Waals surface area (Å²) in [6.45, 7) is 25.9. The van der Waals surface area contributed by atoms with Crippen LogP contribution in [0.4, 0.5) is 0 Å². The van der Waals surface area contributed by atoms with Crippen molar-refractivity contribution in [1.82, 2.24) is 50.2 Å². The van der Waals surface area contributed by atoms with Crippen LogP contribution < -0.4 is 21.7 Å². The van der Waals surface area contributed by atoms with Gasteiger partial charge in [0.25, 0.3) is 0 Å². The van der Waals surface area contributed by atoms with Crippen LogP contribution in [0.3, 0.4) is 0 Å². The summed E-state index contributed by atoms with van der Waals surface area (Å²) >= 11 is 0. The van der Waals surface area contributed by atoms with E-state index in [0.29, 0.717) is 12.8 Å². The second-order valence-corrected chi connectivity index (χ2v) is 25.4. The summed E-state index contributed by atoms with van der Waals surface area (Å²) in [5, 5.41) is 20.0. The number of carbonyl (C=O) groups is 11. The number of amides is 11. The maximum absolute atomic E-state index is 15.1. The Morgan fingerprint density at radius 1 is 0.529 bits per heavy atom. The SMILES string of the molecule is C/C=C/C[C@H](C)[C@H](O)C(C(=O)N[C@@H](CC)C(=O)N(C)CC(=O)N(C)[C@H](Cc1ccccc1)C(N)=O)N(C)C(=O)[C@H](C(C)C)N(C)C(=O)[C@@H](CC(C)C)N(C)C(=O)[C@H](CC(C)C)N(C)C(=O)[C@H](C)NC(=O)[C@@H](C)NC(=O)[C@H](C)N(C)C(=O)[C@H](C)CC(C)C. The number of benzene rings is 1. The molecule has 12 atom stereocenters. The van der Waals surface area contributed by atoms with E-state index in [2.05, 4.69) is 16.0 Å². The third-order valence-corrected chi connectivity index (χ3v) is 16.2. The number of aliphatic hydroxyl groups is 1. The first-order valence-electron chi connectivity index (χ1n) is 30.7. The van der Waals surface area contributed by atoms with Crippen LogP contribution in [0.1, 0.15) is 142 Å². The highest BCUT2D eigenvalue weighted by Crippen LogP contribution is 2.25. The molecular weight excluding hydrogens is 1110 g/mol. The number of primary amides is 1. The summed E-state index contributed by atoms with van der Waals surface area (Å²) in [6, 6.07) is -1.61. The summed E-state index contributed by atoms with van der Waals surface area (Å²) in [6.07, 6.45) is 3.51. The van der Waals surface area contributed by atoms with Gasteiger partial charge < -0.3 is 61.1 Å². The molecule has 0 aromatic heterocycles. The molecule has 0 aliphatic heterocycles. The number of rotatable bonds is 35. The quantitative estimate of drug-likeness (QED) is 0.0611. The molecular formula is C64H109N11O12. The summed E-state index contributed by atoms with van der Waals surface area (Å²) in [4.78, 5) is 162. The third kappa shape index (κ3) is 23.0. The fourth-order valence-electron chi connectivity index (χ4n) is 10.6. The molecule has 1 unspecified atom stereocenters. The maximum atomic E-state index is 15.1. The molecule has 0 radical (unpaired) electrons. The van der Waals surface area contributed by atoms with Crippen molar-refractivity contribution in [3.05, 3.63) is 48.0 Å². The van der Waals surface area contributed by atoms with Crippen LogP contribution in [0.15, 0.2) is 42.5 Å². The van der Waals surface area contributed by atoms with Crippen molar-refractivity contribution in [2.24, 2.45) is 41.2 Å². The van der Waals surface area contributed by atoms with Crippen LogP contribution in [0.25, 0.3) is 0 Å². The molecule has 0 spiro atoms. The molecule has 492 valence electrons. The first-order chi connectivity index (χ1) is 40.3. The van der Waals surface area contributed by atoms with Crippen LogP contribution in [0.5, 0.6) is 0 Å². The zero-order valence-electron chi connectivity index (χ0n) is 56.4. The zero-order chi connectivity index (χ0) is 67.2. The highest BCUT2D eigenvalue weighted by Gasteiger charge is 2.45. The number of nitrogens with two attached hydrogens (primary N) is 1. The van der Waals surface area contributed by atoms with Crippen molar-refractivity contribution in [3.8, 4) is 0 Å². The minimum absolute atomic E-state index is 0.0421. The lowest BCUT2D eigenvalue weighted by atomic mass is 9.91. The van der Waals surface area contributed by atoms with Crippen LogP contribution in [0.2, 0.25) is 0 Å². The van der Waals surface area contributed by atoms with E-state index in [1.165, 1.54) is 87.7 Å². The van der Waals surface area contributed by atoms with E-state index in [1.54, 1.807) is 84.9 Å². The second kappa shape index (κ2) is 36.4. The number of aliphatic hydroxyl groups excluding tert-OH is 1. The fourth-order valence-corrected chi connectivity index (χ4v) is 10.6. The number of hydrogen-bond donors (Lipinski definition) is 5. The van der Waals surface area contributed by atoms with Gasteiger partial charge in [-0.05, 0) is 95.0 Å². The van der Waals surface area contributed by atoms with Crippen LogP contribution in [-0.2, 0) is 59.2 Å². The minimum atomic E-state index is -1.61. The molecule has 0 saturated carbocycles. The Kier molecular flexibility index (Phi) is 32.7. The molecule has 87 heavy (non-hydrogen) atoms. The Labute approximate surface area is 519 Å². The van der Waals surface area contributed by atoms with Gasteiger partial charge in [-0.1, -0.05) is 119 Å². The largest absolute Gasteiger partial charge is 0.390 e. The van der Waals surface area contributed by atoms with Gasteiger partial charge in [0.15, 0.2) is 0 Å². The number of nitrogens with one attached hydrogen (secondary N) is 3. The van der Waals surface area contributed by atoms with E-state index >= 15 is 9.59 Å². The molecule has 0 fully saturated rings. The molecule has 6 N–H and O–H groups in total. The highest BCUT2D eigenvalue weighted by atomic mass is 16.3. The monoisotopic (exact) mass is 1220 g/mol. The molecule has 0 saturated heterocycles. The molecule has 0 aliphatic rings. The summed E-state index contributed by atoms with van der Waals surface area (Å²) in [7, 11) is 9.99. The Morgan fingerprint density at radius 2 is 1.01 bits per heavy atom. The Balaban J connectivity index is 3.58. The summed E-state index contributed by atoms with van der Waals surface area (Å²) < 4.78 is 0. The van der Waals surface area contributed by atoms with Crippen molar-refractivity contribution >= 4 is 65.0 Å². The Hall–Kier alpha value is -6.91. The molecule has 1 rings (SSSR count). The predicted octanol–water partition coefficient (Wildman–Crippen LogP) is 3.45. The molecule has 0 heterocycles. The van der Waals surface area contributed by atoms with Crippen molar-refractivity contribution in [2.75, 3.05) is 55.9 Å². The number of nitrogens with zero attached hydrogens (tertiary/aromatic N) is 7. The van der Waals surface area contributed by atoms with Crippen LogP contribution in [0, 0.1) is 35.5 Å². The number of carbonyl (C=O) groups excluding carboxylic acids is 11. The molecule has 1 aromatic carbocycles. The third-order valence-electron chi connectivity index (χ3n) is 16.2. The highest BCUT2D eigenvalue weighted by molar-refractivity contribution is 5.98. The summed E-state index contributed by atoms with van der Waals surface area (Å²) in [5.41, 5.74) is 6.49. The van der Waals surface area contributed by atoms with Gasteiger partial charge in [-0.25, -0.2) is 0 Å². The maximum Gasteiger partial charge on any atom is 0.246 e. The van der Waals surface area contributed by atoms with E-state index in [-0.39, 0.29) is 55.3 Å². The molecule has 23 heteroatoms. The van der Waals surface area contributed by atoms with E-state index < -0.39 is 138 Å². The first-order valence-corrected chi connectivity index (χ1v) is 30.7. The van der Waals surface area contributed by atoms with Gasteiger partial charge >= 0.3 is 0 Å². The average molecular weight is 1220 g/mol. The number of allylic oxidation sites excluding steroid dienone is 2. The Bertz CT molecular complexity index is 2510. The van der Waals surface area contributed by atoms with E-state index in [4.69, 9.17) is 5.73 Å². The van der Waals surface area contributed by atoms with Crippen LogP contribution in [-0.4, -0.2) is 221 Å². The number of hydrogen-bond acceptors (Lipinski definition) is 12. The van der Waals surface area contributed by atoms with E-state index in [1.807, 2.05) is 47.6 Å². The standard InChI is InChI=1S/C64H109N11O12/c1-23-25-29-41(11)54(77)53(58(81)68-47(24-2)61(84)69(16)36-51(76)71(18)48(55(65)78)35-46-30-27-26-28-31-46)75(22)64(87)52(40(9)10)74(21)63(86)50(34-39(7)8)73(20)62(85)49(33-38(5)6)72(19)60(83)44(14)67-56(79)43(13)66-57(80)45(15)70(17)59(82)42(12)32-37(3)4/h23,25-28,30-31,37-45,47-50,52-54,77H,24,29,32-36H2,1-22H3,(H2,65,78)(H,66,80)(H,67,79)(H,68,81)/b25-23+/t41-,42+,43+,44-,45-,47-,48+,49-,50+,52-,53?,54-/m0/s1. The molecule has 11 amide bonds. The van der Waals surface area contributed by atoms with E-state index in [9.17, 15) is 48.3 Å². The van der Waals surface area contributed by atoms with Gasteiger partial charge in [0.1, 0.15) is 54.4 Å². The average Bonchev–Trinajstić information content (AvgIpc) is 1.63. The normalized spacial score (nSPS) is 15.8. The smallest absolute Gasteiger partial charge is 0.246 e. The van der Waals surface area contributed by atoms with Crippen molar-refractivity contribution < 1.29 is 57.8 Å². The van der Waals surface area contributed by atoms with Gasteiger partial charge in [0, 0.05) is 61.7 Å². The van der Waals surface area contributed by atoms with Gasteiger partial charge in [-0.15, -0.1) is 0 Å². The van der Waals surface area contributed by atoms with Crippen molar-refractivity contribution in [2.45, 2.75) is 203 Å². The minimum Gasteiger partial charge on any atom is -0.390 e. The van der Waals surface area contributed by atoms with Gasteiger partial charge in [0.05, 0.1) is 12.6 Å². The van der Waals surface area contributed by atoms with Gasteiger partial charge in [-0.3, -0.25) is 52.7 Å². The lowest BCUT2D eigenvalue weighted by molar-refractivity contribution is -0.157. The topological polar surface area (TPSA) is 293 Å². The van der Waals surface area contributed by atoms with Crippen LogP contribution >= 0.6 is 0 Å². The second-order valence-electron chi connectivity index (χ2n) is 25.4. The fraction of sp³-hybridized carbons (Fsp3) is 0.703. The lowest BCUT2D eigenvalue weighted by Gasteiger charge is -2.41. The van der Waals surface area contributed by atoms with Crippen molar-refractivity contribution in [3.63, 3.8) is 0 Å². The molecule has 0 bridgehead atoms.